The molecule has 92 valence electrons. The first-order valence-corrected chi connectivity index (χ1v) is 5.91. The molecule has 2 unspecified atom stereocenters. The van der Waals surface area contributed by atoms with Crippen molar-refractivity contribution in [3.05, 3.63) is 0 Å². The Kier molecular flexibility index (Phi) is 5.77. The lowest BCUT2D eigenvalue weighted by Gasteiger charge is -2.19. The van der Waals surface area contributed by atoms with Gasteiger partial charge in [-0.2, -0.15) is 13.2 Å². The molecule has 2 atom stereocenters. The zero-order valence-electron chi connectivity index (χ0n) is 8.13. The summed E-state index contributed by atoms with van der Waals surface area (Å²) >= 11 is 0. The SMILES string of the molecule is CCCCCC(OP(=O)(O)F)C(F)(F)F. The van der Waals surface area contributed by atoms with E-state index >= 15 is 0 Å². The molecule has 0 aliphatic carbocycles. The Morgan fingerprint density at radius 1 is 1.40 bits per heavy atom. The Bertz CT molecular complexity index is 225. The van der Waals surface area contributed by atoms with Gasteiger partial charge in [0.15, 0.2) is 6.10 Å². The summed E-state index contributed by atoms with van der Waals surface area (Å²) < 4.78 is 62.1. The third-order valence-corrected chi connectivity index (χ3v) is 2.21. The largest absolute Gasteiger partial charge is 0.511 e. The molecule has 0 bridgehead atoms. The standard InChI is InChI=1S/C7H13F4O3P/c1-2-3-4-5-6(7(8,9)10)14-15(11,12)13/h6H,2-5H2,1H3,(H,12,13). The van der Waals surface area contributed by atoms with Crippen molar-refractivity contribution in [1.82, 2.24) is 0 Å². The Balaban J connectivity index is 4.27. The van der Waals surface area contributed by atoms with Crippen LogP contribution in [0.25, 0.3) is 0 Å². The highest BCUT2D eigenvalue weighted by atomic mass is 31.2. The molecule has 0 heterocycles. The van der Waals surface area contributed by atoms with Gasteiger partial charge in [0.1, 0.15) is 0 Å². The molecule has 0 radical (unpaired) electrons. The minimum absolute atomic E-state index is 0.167. The van der Waals surface area contributed by atoms with Crippen molar-refractivity contribution in [3.63, 3.8) is 0 Å². The zero-order valence-corrected chi connectivity index (χ0v) is 9.02. The van der Waals surface area contributed by atoms with Crippen molar-refractivity contribution in [2.45, 2.75) is 44.9 Å². The van der Waals surface area contributed by atoms with Gasteiger partial charge < -0.3 is 0 Å². The lowest BCUT2D eigenvalue weighted by atomic mass is 10.1. The van der Waals surface area contributed by atoms with Crippen LogP contribution in [0.5, 0.6) is 0 Å². The normalized spacial score (nSPS) is 18.5. The molecular formula is C7H13F4O3P. The molecule has 0 aliphatic heterocycles. The Hall–Kier alpha value is -0.130. The summed E-state index contributed by atoms with van der Waals surface area (Å²) in [7, 11) is -5.59. The molecule has 3 nitrogen and oxygen atoms in total. The van der Waals surface area contributed by atoms with Crippen LogP contribution < -0.4 is 0 Å². The Morgan fingerprint density at radius 2 is 1.93 bits per heavy atom. The minimum Gasteiger partial charge on any atom is -0.299 e. The smallest absolute Gasteiger partial charge is 0.299 e. The maximum atomic E-state index is 12.2. The molecule has 8 heteroatoms. The number of halogens is 4. The van der Waals surface area contributed by atoms with Crippen molar-refractivity contribution in [1.29, 1.82) is 0 Å². The fraction of sp³-hybridized carbons (Fsp3) is 1.00. The first-order chi connectivity index (χ1) is 6.67. The maximum Gasteiger partial charge on any atom is 0.511 e. The second-order valence-corrected chi connectivity index (χ2v) is 4.20. The zero-order chi connectivity index (χ0) is 12.1. The second kappa shape index (κ2) is 5.82. The van der Waals surface area contributed by atoms with Crippen molar-refractivity contribution in [2.75, 3.05) is 0 Å². The number of hydrogen-bond acceptors (Lipinski definition) is 2. The van der Waals surface area contributed by atoms with Gasteiger partial charge in [0.2, 0.25) is 0 Å². The molecule has 15 heavy (non-hydrogen) atoms. The fourth-order valence-electron chi connectivity index (χ4n) is 1.01. The maximum absolute atomic E-state index is 12.2. The van der Waals surface area contributed by atoms with Crippen LogP contribution >= 0.6 is 7.91 Å². The van der Waals surface area contributed by atoms with Crippen LogP contribution in [0.1, 0.15) is 32.6 Å². The van der Waals surface area contributed by atoms with E-state index in [1.54, 1.807) is 6.92 Å². The monoisotopic (exact) mass is 252 g/mol. The van der Waals surface area contributed by atoms with E-state index in [9.17, 15) is 21.9 Å². The number of alkyl halides is 3. The molecule has 0 rings (SSSR count). The minimum atomic E-state index is -5.59. The van der Waals surface area contributed by atoms with E-state index in [2.05, 4.69) is 4.52 Å². The second-order valence-electron chi connectivity index (χ2n) is 3.08. The van der Waals surface area contributed by atoms with Crippen LogP contribution in [0, 0.1) is 0 Å². The molecule has 0 saturated heterocycles. The predicted octanol–water partition coefficient (Wildman–Crippen LogP) is 3.58. The van der Waals surface area contributed by atoms with Crippen LogP contribution in [0.2, 0.25) is 0 Å². The molecule has 0 saturated carbocycles. The third kappa shape index (κ3) is 7.76. The first-order valence-electron chi connectivity index (χ1n) is 4.44. The van der Waals surface area contributed by atoms with E-state index in [1.165, 1.54) is 0 Å². The highest BCUT2D eigenvalue weighted by Crippen LogP contribution is 2.48. The topological polar surface area (TPSA) is 46.5 Å². The molecule has 0 spiro atoms. The van der Waals surface area contributed by atoms with Gasteiger partial charge >= 0.3 is 14.1 Å². The van der Waals surface area contributed by atoms with Gasteiger partial charge in [0, 0.05) is 0 Å². The summed E-state index contributed by atoms with van der Waals surface area (Å²) in [5, 5.41) is 0. The molecule has 0 aliphatic rings. The predicted molar refractivity (Wildman–Crippen MR) is 46.0 cm³/mol. The van der Waals surface area contributed by atoms with E-state index in [4.69, 9.17) is 4.89 Å². The van der Waals surface area contributed by atoms with Crippen molar-refractivity contribution >= 4 is 7.91 Å². The third-order valence-electron chi connectivity index (χ3n) is 1.69. The fourth-order valence-corrected chi connectivity index (χ4v) is 1.55. The molecule has 0 aromatic heterocycles. The molecule has 0 amide bonds. The van der Waals surface area contributed by atoms with Crippen LogP contribution in [-0.4, -0.2) is 17.2 Å². The first kappa shape index (κ1) is 14.9. The van der Waals surface area contributed by atoms with Crippen molar-refractivity contribution < 1.29 is 31.4 Å². The van der Waals surface area contributed by atoms with Gasteiger partial charge in [-0.15, -0.1) is 4.20 Å². The van der Waals surface area contributed by atoms with E-state index in [0.717, 1.165) is 0 Å². The molecule has 0 fully saturated rings. The molecule has 1 N–H and O–H groups in total. The molecule has 0 aromatic rings. The van der Waals surface area contributed by atoms with Gasteiger partial charge in [0.25, 0.3) is 0 Å². The quantitative estimate of drug-likeness (QED) is 0.446. The molecule has 0 aromatic carbocycles. The average molecular weight is 252 g/mol. The van der Waals surface area contributed by atoms with Crippen LogP contribution in [-0.2, 0) is 9.09 Å². The summed E-state index contributed by atoms with van der Waals surface area (Å²) in [6.45, 7) is 1.79. The van der Waals surface area contributed by atoms with Crippen LogP contribution in [0.15, 0.2) is 0 Å². The Labute approximate surface area is 85.1 Å². The van der Waals surface area contributed by atoms with Gasteiger partial charge in [-0.3, -0.25) is 9.42 Å². The van der Waals surface area contributed by atoms with E-state index in [0.29, 0.717) is 12.8 Å². The highest BCUT2D eigenvalue weighted by molar-refractivity contribution is 7.46. The van der Waals surface area contributed by atoms with Crippen LogP contribution in [0.3, 0.4) is 0 Å². The summed E-state index contributed by atoms with van der Waals surface area (Å²) in [4.78, 5) is 8.07. The lowest BCUT2D eigenvalue weighted by Crippen LogP contribution is -2.30. The van der Waals surface area contributed by atoms with E-state index in [-0.39, 0.29) is 6.42 Å². The van der Waals surface area contributed by atoms with Gasteiger partial charge in [0.05, 0.1) is 0 Å². The van der Waals surface area contributed by atoms with Gasteiger partial charge in [-0.25, -0.2) is 4.57 Å². The molecular weight excluding hydrogens is 239 g/mol. The average Bonchev–Trinajstić information content (AvgIpc) is 1.99. The summed E-state index contributed by atoms with van der Waals surface area (Å²) in [6.07, 6.45) is -6.45. The van der Waals surface area contributed by atoms with Crippen LogP contribution in [0.4, 0.5) is 17.4 Å². The van der Waals surface area contributed by atoms with E-state index < -0.39 is 26.6 Å². The van der Waals surface area contributed by atoms with Crippen molar-refractivity contribution in [3.8, 4) is 0 Å². The highest BCUT2D eigenvalue weighted by Gasteiger charge is 2.44. The van der Waals surface area contributed by atoms with Gasteiger partial charge in [-0.1, -0.05) is 26.2 Å². The number of hydrogen-bond donors (Lipinski definition) is 1. The summed E-state index contributed by atoms with van der Waals surface area (Å²) in [6, 6.07) is 0. The van der Waals surface area contributed by atoms with E-state index in [1.807, 2.05) is 0 Å². The summed E-state index contributed by atoms with van der Waals surface area (Å²) in [5.41, 5.74) is 0. The van der Waals surface area contributed by atoms with Gasteiger partial charge in [-0.05, 0) is 6.42 Å². The number of rotatable bonds is 6. The summed E-state index contributed by atoms with van der Waals surface area (Å²) in [5.74, 6) is 0. The lowest BCUT2D eigenvalue weighted by molar-refractivity contribution is -0.200. The number of unbranched alkanes of at least 4 members (excludes halogenated alkanes) is 2. The Morgan fingerprint density at radius 3 is 2.27 bits per heavy atom. The van der Waals surface area contributed by atoms with Crippen molar-refractivity contribution in [2.24, 2.45) is 0 Å².